The lowest BCUT2D eigenvalue weighted by atomic mass is 10.1. The Hall–Kier alpha value is -1.77. The summed E-state index contributed by atoms with van der Waals surface area (Å²) >= 11 is 1.49. The molecule has 1 N–H and O–H groups in total. The highest BCUT2D eigenvalue weighted by molar-refractivity contribution is 7.13. The van der Waals surface area contributed by atoms with Crippen LogP contribution in [0.3, 0.4) is 0 Å². The molecular formula is C19H27N5O2S. The molecule has 8 heteroatoms. The zero-order chi connectivity index (χ0) is 18.6. The summed E-state index contributed by atoms with van der Waals surface area (Å²) in [5.74, 6) is -0.135. The Morgan fingerprint density at radius 1 is 1.30 bits per heavy atom. The molecule has 2 aliphatic rings. The minimum absolute atomic E-state index is 0.135. The Morgan fingerprint density at radius 2 is 2.07 bits per heavy atom. The van der Waals surface area contributed by atoms with E-state index < -0.39 is 0 Å². The van der Waals surface area contributed by atoms with Crippen molar-refractivity contribution >= 4 is 22.4 Å². The molecule has 0 radical (unpaired) electrons. The third kappa shape index (κ3) is 4.39. The fraction of sp³-hybridized carbons (Fsp3) is 0.632. The van der Waals surface area contributed by atoms with Gasteiger partial charge in [0.15, 0.2) is 5.13 Å². The van der Waals surface area contributed by atoms with E-state index in [1.165, 1.54) is 30.6 Å². The molecule has 1 amide bonds. The maximum absolute atomic E-state index is 12.7. The molecule has 146 valence electrons. The third-order valence-electron chi connectivity index (χ3n) is 5.43. The Bertz CT molecular complexity index is 775. The van der Waals surface area contributed by atoms with Crippen molar-refractivity contribution in [3.63, 3.8) is 0 Å². The highest BCUT2D eigenvalue weighted by Crippen LogP contribution is 2.24. The van der Waals surface area contributed by atoms with E-state index in [4.69, 9.17) is 4.74 Å². The first-order valence-corrected chi connectivity index (χ1v) is 10.7. The average molecular weight is 390 g/mol. The number of ether oxygens (including phenoxy) is 1. The van der Waals surface area contributed by atoms with E-state index in [2.05, 4.69) is 20.3 Å². The van der Waals surface area contributed by atoms with Gasteiger partial charge in [0, 0.05) is 30.8 Å². The smallest absolute Gasteiger partial charge is 0.260 e. The van der Waals surface area contributed by atoms with Crippen molar-refractivity contribution in [3.05, 3.63) is 28.5 Å². The predicted octanol–water partition coefficient (Wildman–Crippen LogP) is 3.24. The number of carbonyl (C=O) groups excluding carboxylic acids is 1. The van der Waals surface area contributed by atoms with Crippen molar-refractivity contribution in [2.75, 3.05) is 31.6 Å². The number of likely N-dealkylation sites (tertiary alicyclic amines) is 1. The van der Waals surface area contributed by atoms with Crippen LogP contribution in [0.25, 0.3) is 0 Å². The molecule has 4 rings (SSSR count). The van der Waals surface area contributed by atoms with Crippen LogP contribution in [0.4, 0.5) is 5.13 Å². The van der Waals surface area contributed by atoms with Crippen LogP contribution in [0, 0.1) is 6.92 Å². The molecule has 2 aromatic heterocycles. The lowest BCUT2D eigenvalue weighted by Crippen LogP contribution is -2.29. The van der Waals surface area contributed by atoms with E-state index in [0.717, 1.165) is 57.1 Å². The SMILES string of the molecule is Cc1c(C(=O)Nc2nc(CN3CCCCC3)cs2)cnn1C1CCOCC1. The van der Waals surface area contributed by atoms with Gasteiger partial charge in [-0.05, 0) is 45.7 Å². The van der Waals surface area contributed by atoms with Crippen LogP contribution in [0.5, 0.6) is 0 Å². The maximum atomic E-state index is 12.7. The van der Waals surface area contributed by atoms with Crippen molar-refractivity contribution in [2.45, 2.75) is 51.6 Å². The number of thiazole rings is 1. The molecule has 2 aliphatic heterocycles. The number of piperidine rings is 1. The molecule has 27 heavy (non-hydrogen) atoms. The van der Waals surface area contributed by atoms with Gasteiger partial charge in [-0.15, -0.1) is 11.3 Å². The van der Waals surface area contributed by atoms with E-state index in [0.29, 0.717) is 16.7 Å². The van der Waals surface area contributed by atoms with Gasteiger partial charge >= 0.3 is 0 Å². The largest absolute Gasteiger partial charge is 0.381 e. The van der Waals surface area contributed by atoms with Crippen molar-refractivity contribution < 1.29 is 9.53 Å². The molecule has 0 saturated carbocycles. The highest BCUT2D eigenvalue weighted by Gasteiger charge is 2.22. The molecule has 7 nitrogen and oxygen atoms in total. The van der Waals surface area contributed by atoms with Gasteiger partial charge in [-0.3, -0.25) is 19.7 Å². The first-order valence-electron chi connectivity index (χ1n) is 9.80. The molecule has 2 aromatic rings. The fourth-order valence-corrected chi connectivity index (χ4v) is 4.59. The minimum atomic E-state index is -0.135. The minimum Gasteiger partial charge on any atom is -0.381 e. The Labute approximate surface area is 163 Å². The highest BCUT2D eigenvalue weighted by atomic mass is 32.1. The van der Waals surface area contributed by atoms with Gasteiger partial charge in [0.1, 0.15) is 0 Å². The first-order chi connectivity index (χ1) is 13.2. The molecule has 0 aromatic carbocycles. The van der Waals surface area contributed by atoms with Crippen LogP contribution in [-0.2, 0) is 11.3 Å². The molecule has 0 aliphatic carbocycles. The summed E-state index contributed by atoms with van der Waals surface area (Å²) in [6, 6.07) is 0.316. The van der Waals surface area contributed by atoms with Crippen molar-refractivity contribution in [2.24, 2.45) is 0 Å². The summed E-state index contributed by atoms with van der Waals surface area (Å²) < 4.78 is 7.39. The average Bonchev–Trinajstić information content (AvgIpc) is 3.29. The van der Waals surface area contributed by atoms with Crippen LogP contribution in [-0.4, -0.2) is 51.9 Å². The Balaban J connectivity index is 1.38. The normalized spacial score (nSPS) is 19.3. The fourth-order valence-electron chi connectivity index (χ4n) is 3.89. The quantitative estimate of drug-likeness (QED) is 0.850. The predicted molar refractivity (Wildman–Crippen MR) is 105 cm³/mol. The molecule has 4 heterocycles. The number of aromatic nitrogens is 3. The summed E-state index contributed by atoms with van der Waals surface area (Å²) in [6.45, 7) is 6.62. The zero-order valence-corrected chi connectivity index (χ0v) is 16.6. The van der Waals surface area contributed by atoms with Gasteiger partial charge in [0.05, 0.1) is 23.5 Å². The third-order valence-corrected chi connectivity index (χ3v) is 6.24. The maximum Gasteiger partial charge on any atom is 0.260 e. The van der Waals surface area contributed by atoms with E-state index in [-0.39, 0.29) is 5.91 Å². The van der Waals surface area contributed by atoms with E-state index in [9.17, 15) is 4.79 Å². The summed E-state index contributed by atoms with van der Waals surface area (Å²) in [5, 5.41) is 10.1. The van der Waals surface area contributed by atoms with Gasteiger partial charge in [-0.1, -0.05) is 6.42 Å². The summed E-state index contributed by atoms with van der Waals surface area (Å²) in [6.07, 6.45) is 7.41. The summed E-state index contributed by atoms with van der Waals surface area (Å²) in [4.78, 5) is 19.7. The van der Waals surface area contributed by atoms with Crippen LogP contribution in [0.1, 0.15) is 59.9 Å². The van der Waals surface area contributed by atoms with E-state index in [1.54, 1.807) is 6.20 Å². The number of carbonyl (C=O) groups is 1. The number of hydrogen-bond acceptors (Lipinski definition) is 6. The number of amides is 1. The van der Waals surface area contributed by atoms with Gasteiger partial charge in [-0.2, -0.15) is 5.10 Å². The van der Waals surface area contributed by atoms with E-state index >= 15 is 0 Å². The van der Waals surface area contributed by atoms with Crippen LogP contribution in [0.2, 0.25) is 0 Å². The standard InChI is InChI=1S/C19H27N5O2S/c1-14-17(11-20-24(14)16-5-9-26-10-6-16)18(25)22-19-21-15(13-27-19)12-23-7-3-2-4-8-23/h11,13,16H,2-10,12H2,1H3,(H,21,22,25). The molecule has 0 atom stereocenters. The number of nitrogens with one attached hydrogen (secondary N) is 1. The van der Waals surface area contributed by atoms with Crippen LogP contribution in [0.15, 0.2) is 11.6 Å². The topological polar surface area (TPSA) is 72.3 Å². The molecule has 2 fully saturated rings. The van der Waals surface area contributed by atoms with Gasteiger partial charge < -0.3 is 4.74 Å². The monoisotopic (exact) mass is 389 g/mol. The van der Waals surface area contributed by atoms with Crippen LogP contribution < -0.4 is 5.32 Å². The van der Waals surface area contributed by atoms with Crippen molar-refractivity contribution in [3.8, 4) is 0 Å². The first kappa shape index (κ1) is 18.6. The number of hydrogen-bond donors (Lipinski definition) is 1. The Kier molecular flexibility index (Phi) is 5.85. The Morgan fingerprint density at radius 3 is 2.85 bits per heavy atom. The molecule has 2 saturated heterocycles. The lowest BCUT2D eigenvalue weighted by Gasteiger charge is -2.25. The second-order valence-corrected chi connectivity index (χ2v) is 8.22. The molecule has 0 unspecified atom stereocenters. The number of anilines is 1. The summed E-state index contributed by atoms with van der Waals surface area (Å²) in [5.41, 5.74) is 2.56. The lowest BCUT2D eigenvalue weighted by molar-refractivity contribution is 0.0656. The molecule has 0 spiro atoms. The second-order valence-electron chi connectivity index (χ2n) is 7.37. The molecule has 0 bridgehead atoms. The van der Waals surface area contributed by atoms with Gasteiger partial charge in [-0.25, -0.2) is 4.98 Å². The number of rotatable bonds is 5. The van der Waals surface area contributed by atoms with Gasteiger partial charge in [0.25, 0.3) is 5.91 Å². The number of nitrogens with zero attached hydrogens (tertiary/aromatic N) is 4. The second kappa shape index (κ2) is 8.50. The van der Waals surface area contributed by atoms with E-state index in [1.807, 2.05) is 17.0 Å². The van der Waals surface area contributed by atoms with Gasteiger partial charge in [0.2, 0.25) is 0 Å². The summed E-state index contributed by atoms with van der Waals surface area (Å²) in [7, 11) is 0. The van der Waals surface area contributed by atoms with Crippen molar-refractivity contribution in [1.82, 2.24) is 19.7 Å². The molecular weight excluding hydrogens is 362 g/mol. The zero-order valence-electron chi connectivity index (χ0n) is 15.8. The van der Waals surface area contributed by atoms with Crippen molar-refractivity contribution in [1.29, 1.82) is 0 Å². The van der Waals surface area contributed by atoms with Crippen LogP contribution >= 0.6 is 11.3 Å².